The van der Waals surface area contributed by atoms with Crippen molar-refractivity contribution in [3.05, 3.63) is 57.8 Å². The molecule has 12 nitrogen and oxygen atoms in total. The molecule has 2 saturated heterocycles. The summed E-state index contributed by atoms with van der Waals surface area (Å²) in [7, 11) is 1.52. The molecule has 250 valence electrons. The number of aliphatic hydroxyl groups is 4. The standard InChI is InChI=1S/C34H43NO11/c1-18(2)5-10-23-25(43-16-15-35-13-11-21(36)12-14-35)17-24(37)26-28(39)33(46-34-30(41)29(40)27(38)19(3)44-34)31(45-32(23)26)20-6-8-22(42-4)9-7-20/h5-9,17,19,21,27,29-30,34,36-38,40-41H,10-16H2,1-4H3/t19-,27-,29+,30+,34-/m1/s1. The first-order valence-electron chi connectivity index (χ1n) is 15.5. The van der Waals surface area contributed by atoms with Crippen molar-refractivity contribution in [1.82, 2.24) is 4.90 Å². The van der Waals surface area contributed by atoms with Crippen LogP contribution in [0, 0.1) is 0 Å². The molecule has 12 heteroatoms. The molecule has 5 atom stereocenters. The second kappa shape index (κ2) is 14.4. The average Bonchev–Trinajstić information content (AvgIpc) is 3.04. The van der Waals surface area contributed by atoms with Crippen molar-refractivity contribution < 1.29 is 48.9 Å². The third kappa shape index (κ3) is 7.17. The number of aliphatic hydroxyl groups excluding tert-OH is 4. The number of rotatable bonds is 10. The summed E-state index contributed by atoms with van der Waals surface area (Å²) >= 11 is 0. The Bertz CT molecular complexity index is 1590. The molecule has 3 heterocycles. The molecule has 1 aromatic heterocycles. The van der Waals surface area contributed by atoms with Crippen LogP contribution in [-0.2, 0) is 11.2 Å². The van der Waals surface area contributed by atoms with Crippen molar-refractivity contribution in [3.63, 3.8) is 0 Å². The van der Waals surface area contributed by atoms with Crippen LogP contribution in [0.5, 0.6) is 23.0 Å². The maximum Gasteiger partial charge on any atom is 0.239 e. The molecule has 0 bridgehead atoms. The van der Waals surface area contributed by atoms with Crippen LogP contribution in [0.2, 0.25) is 0 Å². The summed E-state index contributed by atoms with van der Waals surface area (Å²) in [5, 5.41) is 52.1. The van der Waals surface area contributed by atoms with E-state index in [9.17, 15) is 30.3 Å². The number of methoxy groups -OCH3 is 1. The number of nitrogens with zero attached hydrogens (tertiary/aromatic N) is 1. The number of hydrogen-bond donors (Lipinski definition) is 5. The third-order valence-electron chi connectivity index (χ3n) is 8.50. The minimum Gasteiger partial charge on any atom is -0.507 e. The highest BCUT2D eigenvalue weighted by Crippen LogP contribution is 2.41. The summed E-state index contributed by atoms with van der Waals surface area (Å²) in [6.07, 6.45) is -3.68. The van der Waals surface area contributed by atoms with E-state index in [4.69, 9.17) is 23.4 Å². The van der Waals surface area contributed by atoms with E-state index in [1.807, 2.05) is 19.9 Å². The number of fused-ring (bicyclic) bond motifs is 1. The summed E-state index contributed by atoms with van der Waals surface area (Å²) < 4.78 is 29.5. The molecule has 0 radical (unpaired) electrons. The Hall–Kier alpha value is -3.65. The molecule has 5 N–H and O–H groups in total. The van der Waals surface area contributed by atoms with Crippen LogP contribution >= 0.6 is 0 Å². The molecule has 5 rings (SSSR count). The van der Waals surface area contributed by atoms with Crippen molar-refractivity contribution in [3.8, 4) is 34.3 Å². The van der Waals surface area contributed by atoms with Gasteiger partial charge in [0.05, 0.1) is 19.3 Å². The molecule has 0 spiro atoms. The van der Waals surface area contributed by atoms with Crippen LogP contribution in [-0.4, -0.2) is 101 Å². The molecule has 2 fully saturated rings. The van der Waals surface area contributed by atoms with E-state index >= 15 is 0 Å². The fourth-order valence-corrected chi connectivity index (χ4v) is 5.68. The first-order chi connectivity index (χ1) is 22.0. The average molecular weight is 642 g/mol. The topological polar surface area (TPSA) is 172 Å². The van der Waals surface area contributed by atoms with Crippen molar-refractivity contribution in [2.75, 3.05) is 33.4 Å². The minimum atomic E-state index is -1.69. The number of phenols is 1. The molecule has 0 aliphatic carbocycles. The normalized spacial score (nSPS) is 24.1. The van der Waals surface area contributed by atoms with Gasteiger partial charge in [-0.15, -0.1) is 0 Å². The lowest BCUT2D eigenvalue weighted by Crippen LogP contribution is -2.58. The fraction of sp³-hybridized carbons (Fsp3) is 0.500. The number of likely N-dealkylation sites (tertiary alicyclic amines) is 1. The Morgan fingerprint density at radius 1 is 1.04 bits per heavy atom. The van der Waals surface area contributed by atoms with Crippen LogP contribution in [0.3, 0.4) is 0 Å². The Kier molecular flexibility index (Phi) is 10.6. The highest BCUT2D eigenvalue weighted by Gasteiger charge is 2.44. The molecule has 3 aromatic rings. The van der Waals surface area contributed by atoms with Crippen LogP contribution < -0.4 is 19.6 Å². The highest BCUT2D eigenvalue weighted by atomic mass is 16.7. The predicted molar refractivity (Wildman–Crippen MR) is 169 cm³/mol. The molecule has 2 aliphatic rings. The van der Waals surface area contributed by atoms with Gasteiger partial charge in [-0.2, -0.15) is 0 Å². The van der Waals surface area contributed by atoms with Crippen LogP contribution in [0.25, 0.3) is 22.3 Å². The van der Waals surface area contributed by atoms with Gasteiger partial charge < -0.3 is 48.9 Å². The number of hydrogen-bond acceptors (Lipinski definition) is 12. The van der Waals surface area contributed by atoms with Gasteiger partial charge in [0.25, 0.3) is 0 Å². The van der Waals surface area contributed by atoms with Crippen molar-refractivity contribution in [2.24, 2.45) is 0 Å². The predicted octanol–water partition coefficient (Wildman–Crippen LogP) is 2.72. The second-order valence-corrected chi connectivity index (χ2v) is 12.1. The summed E-state index contributed by atoms with van der Waals surface area (Å²) in [5.41, 5.74) is 1.37. The maximum absolute atomic E-state index is 14.2. The lowest BCUT2D eigenvalue weighted by atomic mass is 10.00. The SMILES string of the molecule is COc1ccc(-c2oc3c(CC=C(C)C)c(OCCN4CCC(O)CC4)cc(O)c3c(=O)c2O[C@H]2O[C@H](C)[C@@H](O)[C@H](O)[C@@H]2O)cc1. The summed E-state index contributed by atoms with van der Waals surface area (Å²) in [5.74, 6) is 0.162. The molecule has 2 aliphatic heterocycles. The van der Waals surface area contributed by atoms with Crippen LogP contribution in [0.15, 0.2) is 51.2 Å². The van der Waals surface area contributed by atoms with E-state index in [0.29, 0.717) is 55.0 Å². The Balaban J connectivity index is 1.62. The van der Waals surface area contributed by atoms with Gasteiger partial charge in [-0.25, -0.2) is 0 Å². The van der Waals surface area contributed by atoms with E-state index in [-0.39, 0.29) is 34.3 Å². The molecule has 46 heavy (non-hydrogen) atoms. The maximum atomic E-state index is 14.2. The molecule has 2 aromatic carbocycles. The summed E-state index contributed by atoms with van der Waals surface area (Å²) in [6, 6.07) is 8.08. The quantitative estimate of drug-likeness (QED) is 0.205. The molecular formula is C34H43NO11. The fourth-order valence-electron chi connectivity index (χ4n) is 5.68. The second-order valence-electron chi connectivity index (χ2n) is 12.1. The lowest BCUT2D eigenvalue weighted by molar-refractivity contribution is -0.268. The Morgan fingerprint density at radius 3 is 2.39 bits per heavy atom. The van der Waals surface area contributed by atoms with Gasteiger partial charge in [-0.05, 0) is 64.3 Å². The first kappa shape index (κ1) is 33.7. The van der Waals surface area contributed by atoms with Gasteiger partial charge in [-0.3, -0.25) is 9.69 Å². The Labute approximate surface area is 267 Å². The largest absolute Gasteiger partial charge is 0.507 e. The molecular weight excluding hydrogens is 598 g/mol. The summed E-state index contributed by atoms with van der Waals surface area (Å²) in [4.78, 5) is 16.4. The number of ether oxygens (including phenoxy) is 4. The van der Waals surface area contributed by atoms with E-state index in [1.165, 1.54) is 20.1 Å². The molecule has 0 saturated carbocycles. The van der Waals surface area contributed by atoms with Gasteiger partial charge in [0.2, 0.25) is 17.5 Å². The summed E-state index contributed by atoms with van der Waals surface area (Å²) in [6.45, 7) is 7.83. The van der Waals surface area contributed by atoms with Gasteiger partial charge in [0.15, 0.2) is 5.76 Å². The smallest absolute Gasteiger partial charge is 0.239 e. The molecule has 0 amide bonds. The van der Waals surface area contributed by atoms with Gasteiger partial charge >= 0.3 is 0 Å². The zero-order valence-corrected chi connectivity index (χ0v) is 26.5. The highest BCUT2D eigenvalue weighted by molar-refractivity contribution is 5.91. The Morgan fingerprint density at radius 2 is 1.74 bits per heavy atom. The van der Waals surface area contributed by atoms with E-state index in [0.717, 1.165) is 18.7 Å². The monoisotopic (exact) mass is 641 g/mol. The van der Waals surface area contributed by atoms with Crippen molar-refractivity contribution in [1.29, 1.82) is 0 Å². The first-order valence-corrected chi connectivity index (χ1v) is 15.5. The van der Waals surface area contributed by atoms with Crippen LogP contribution in [0.4, 0.5) is 0 Å². The zero-order chi connectivity index (χ0) is 33.1. The zero-order valence-electron chi connectivity index (χ0n) is 26.5. The third-order valence-corrected chi connectivity index (χ3v) is 8.50. The number of aromatic hydroxyl groups is 1. The molecule has 0 unspecified atom stereocenters. The van der Waals surface area contributed by atoms with Crippen molar-refractivity contribution >= 4 is 11.0 Å². The number of phenolic OH excluding ortho intramolecular Hbond substituents is 1. The van der Waals surface area contributed by atoms with E-state index < -0.39 is 36.1 Å². The van der Waals surface area contributed by atoms with Crippen LogP contribution in [0.1, 0.15) is 39.2 Å². The lowest BCUT2D eigenvalue weighted by Gasteiger charge is -2.38. The van der Waals surface area contributed by atoms with Crippen molar-refractivity contribution in [2.45, 2.75) is 76.8 Å². The minimum absolute atomic E-state index is 0.00825. The van der Waals surface area contributed by atoms with Gasteiger partial charge in [-0.1, -0.05) is 11.6 Å². The van der Waals surface area contributed by atoms with E-state index in [2.05, 4.69) is 4.90 Å². The number of piperidine rings is 1. The van der Waals surface area contributed by atoms with Gasteiger partial charge in [0, 0.05) is 36.8 Å². The number of allylic oxidation sites excluding steroid dienone is 2. The number of benzene rings is 2. The van der Waals surface area contributed by atoms with E-state index in [1.54, 1.807) is 24.3 Å². The van der Waals surface area contributed by atoms with Gasteiger partial charge in [0.1, 0.15) is 53.1 Å².